The monoisotopic (exact) mass is 400 g/mol. The van der Waals surface area contributed by atoms with Crippen LogP contribution in [-0.4, -0.2) is 46.8 Å². The lowest BCUT2D eigenvalue weighted by Gasteiger charge is -2.30. The number of nitrogens with zero attached hydrogens (tertiary/aromatic N) is 1. The number of carbonyl (C=O) groups is 4. The summed E-state index contributed by atoms with van der Waals surface area (Å²) in [6, 6.07) is 8.34. The molecule has 29 heavy (non-hydrogen) atoms. The zero-order chi connectivity index (χ0) is 20.9. The van der Waals surface area contributed by atoms with Crippen LogP contribution in [0.2, 0.25) is 0 Å². The van der Waals surface area contributed by atoms with E-state index < -0.39 is 17.6 Å². The van der Waals surface area contributed by atoms with E-state index in [1.165, 1.54) is 0 Å². The van der Waals surface area contributed by atoms with Gasteiger partial charge >= 0.3 is 6.03 Å². The zero-order valence-corrected chi connectivity index (χ0v) is 16.7. The Morgan fingerprint density at radius 2 is 1.83 bits per heavy atom. The highest BCUT2D eigenvalue weighted by Gasteiger charge is 2.51. The Morgan fingerprint density at radius 3 is 2.52 bits per heavy atom. The van der Waals surface area contributed by atoms with E-state index in [1.807, 2.05) is 30.3 Å². The molecule has 1 aliphatic carbocycles. The van der Waals surface area contributed by atoms with Crippen LogP contribution in [0.3, 0.4) is 0 Å². The maximum atomic E-state index is 12.7. The van der Waals surface area contributed by atoms with Gasteiger partial charge in [-0.3, -0.25) is 19.3 Å². The molecule has 156 valence electrons. The summed E-state index contributed by atoms with van der Waals surface area (Å²) in [5.41, 5.74) is 0.186. The van der Waals surface area contributed by atoms with Gasteiger partial charge in [0.15, 0.2) is 0 Å². The van der Waals surface area contributed by atoms with Crippen molar-refractivity contribution in [3.05, 3.63) is 35.9 Å². The molecule has 0 bridgehead atoms. The first-order valence-corrected chi connectivity index (χ1v) is 10.2. The molecule has 0 radical (unpaired) electrons. The smallest absolute Gasteiger partial charge is 0.325 e. The van der Waals surface area contributed by atoms with Gasteiger partial charge in [0.05, 0.1) is 0 Å². The number of nitrogens with one attached hydrogen (secondary N) is 3. The molecule has 1 aromatic rings. The third-order valence-corrected chi connectivity index (χ3v) is 5.60. The molecule has 1 heterocycles. The van der Waals surface area contributed by atoms with Gasteiger partial charge in [-0.05, 0) is 25.3 Å². The SMILES string of the molecule is CC(NC(=O)CCN1C(=O)NC2(CCCCC2)C1=O)C(=O)NCc1ccccc1. The van der Waals surface area contributed by atoms with E-state index in [9.17, 15) is 19.2 Å². The lowest BCUT2D eigenvalue weighted by Crippen LogP contribution is -2.48. The fourth-order valence-electron chi connectivity index (χ4n) is 3.90. The van der Waals surface area contributed by atoms with Gasteiger partial charge in [0.25, 0.3) is 5.91 Å². The van der Waals surface area contributed by atoms with Crippen molar-refractivity contribution >= 4 is 23.8 Å². The summed E-state index contributed by atoms with van der Waals surface area (Å²) < 4.78 is 0. The molecule has 1 saturated heterocycles. The molecule has 1 saturated carbocycles. The predicted molar refractivity (Wildman–Crippen MR) is 107 cm³/mol. The molecule has 8 nitrogen and oxygen atoms in total. The lowest BCUT2D eigenvalue weighted by molar-refractivity contribution is -0.133. The molecule has 1 aromatic carbocycles. The zero-order valence-electron chi connectivity index (χ0n) is 16.7. The Labute approximate surface area is 170 Å². The summed E-state index contributed by atoms with van der Waals surface area (Å²) in [5, 5.41) is 8.22. The second kappa shape index (κ2) is 9.07. The molecule has 5 amide bonds. The van der Waals surface area contributed by atoms with Crippen molar-refractivity contribution in [1.29, 1.82) is 0 Å². The van der Waals surface area contributed by atoms with Crippen LogP contribution in [0.15, 0.2) is 30.3 Å². The fourth-order valence-corrected chi connectivity index (χ4v) is 3.90. The van der Waals surface area contributed by atoms with Crippen molar-refractivity contribution in [2.75, 3.05) is 6.54 Å². The highest BCUT2D eigenvalue weighted by atomic mass is 16.2. The van der Waals surface area contributed by atoms with Crippen molar-refractivity contribution in [3.8, 4) is 0 Å². The average Bonchev–Trinajstić information content (AvgIpc) is 2.94. The lowest BCUT2D eigenvalue weighted by atomic mass is 9.82. The molecule has 1 unspecified atom stereocenters. The van der Waals surface area contributed by atoms with E-state index in [1.54, 1.807) is 6.92 Å². The Hall–Kier alpha value is -2.90. The number of urea groups is 1. The van der Waals surface area contributed by atoms with Gasteiger partial charge in [-0.15, -0.1) is 0 Å². The molecule has 1 atom stereocenters. The van der Waals surface area contributed by atoms with Gasteiger partial charge in [0.1, 0.15) is 11.6 Å². The Kier molecular flexibility index (Phi) is 6.51. The largest absolute Gasteiger partial charge is 0.350 e. The Bertz CT molecular complexity index is 774. The van der Waals surface area contributed by atoms with Crippen molar-refractivity contribution in [2.45, 2.75) is 63.6 Å². The minimum absolute atomic E-state index is 0.0105. The number of benzene rings is 1. The normalized spacial score (nSPS) is 19.0. The van der Waals surface area contributed by atoms with Crippen LogP contribution in [0, 0.1) is 0 Å². The molecule has 1 aliphatic heterocycles. The van der Waals surface area contributed by atoms with Crippen LogP contribution in [0.5, 0.6) is 0 Å². The molecular weight excluding hydrogens is 372 g/mol. The van der Waals surface area contributed by atoms with Crippen LogP contribution in [-0.2, 0) is 20.9 Å². The van der Waals surface area contributed by atoms with Crippen molar-refractivity contribution in [1.82, 2.24) is 20.9 Å². The Morgan fingerprint density at radius 1 is 1.14 bits per heavy atom. The average molecular weight is 400 g/mol. The topological polar surface area (TPSA) is 108 Å². The molecule has 1 spiro atoms. The van der Waals surface area contributed by atoms with E-state index in [2.05, 4.69) is 16.0 Å². The minimum Gasteiger partial charge on any atom is -0.350 e. The first-order chi connectivity index (χ1) is 13.9. The van der Waals surface area contributed by atoms with E-state index in [4.69, 9.17) is 0 Å². The predicted octanol–water partition coefficient (Wildman–Crippen LogP) is 1.45. The maximum Gasteiger partial charge on any atom is 0.325 e. The van der Waals surface area contributed by atoms with Gasteiger partial charge in [-0.2, -0.15) is 0 Å². The molecule has 8 heteroatoms. The second-order valence-corrected chi connectivity index (χ2v) is 7.77. The quantitative estimate of drug-likeness (QED) is 0.602. The van der Waals surface area contributed by atoms with E-state index >= 15 is 0 Å². The van der Waals surface area contributed by atoms with Crippen LogP contribution < -0.4 is 16.0 Å². The number of amides is 5. The van der Waals surface area contributed by atoms with Crippen molar-refractivity contribution in [2.24, 2.45) is 0 Å². The number of hydrogen-bond acceptors (Lipinski definition) is 4. The minimum atomic E-state index is -0.781. The molecule has 3 N–H and O–H groups in total. The second-order valence-electron chi connectivity index (χ2n) is 7.77. The maximum absolute atomic E-state index is 12.7. The van der Waals surface area contributed by atoms with E-state index in [0.29, 0.717) is 19.4 Å². The fraction of sp³-hybridized carbons (Fsp3) is 0.524. The highest BCUT2D eigenvalue weighted by Crippen LogP contribution is 2.33. The van der Waals surface area contributed by atoms with Crippen LogP contribution in [0.25, 0.3) is 0 Å². The standard InChI is InChI=1S/C21H28N4O4/c1-15(18(27)22-14-16-8-4-2-5-9-16)23-17(26)10-13-25-19(28)21(24-20(25)29)11-6-3-7-12-21/h2,4-5,8-9,15H,3,6-7,10-14H2,1H3,(H,22,27)(H,23,26)(H,24,29). The molecule has 2 fully saturated rings. The van der Waals surface area contributed by atoms with Crippen LogP contribution in [0.4, 0.5) is 4.79 Å². The van der Waals surface area contributed by atoms with E-state index in [0.717, 1.165) is 29.7 Å². The number of rotatable bonds is 7. The first kappa shape index (κ1) is 20.8. The van der Waals surface area contributed by atoms with Gasteiger partial charge in [0.2, 0.25) is 11.8 Å². The van der Waals surface area contributed by atoms with Gasteiger partial charge in [0, 0.05) is 19.5 Å². The van der Waals surface area contributed by atoms with Gasteiger partial charge in [-0.25, -0.2) is 4.79 Å². The third kappa shape index (κ3) is 4.93. The van der Waals surface area contributed by atoms with Crippen LogP contribution in [0.1, 0.15) is 51.0 Å². The molecule has 0 aromatic heterocycles. The molecule has 3 rings (SSSR count). The van der Waals surface area contributed by atoms with Crippen LogP contribution >= 0.6 is 0 Å². The summed E-state index contributed by atoms with van der Waals surface area (Å²) in [4.78, 5) is 50.4. The molecule has 2 aliphatic rings. The summed E-state index contributed by atoms with van der Waals surface area (Å²) in [5.74, 6) is -0.903. The summed E-state index contributed by atoms with van der Waals surface area (Å²) in [6.45, 7) is 1.99. The number of hydrogen-bond donors (Lipinski definition) is 3. The summed E-state index contributed by atoms with van der Waals surface area (Å²) >= 11 is 0. The first-order valence-electron chi connectivity index (χ1n) is 10.2. The van der Waals surface area contributed by atoms with Gasteiger partial charge in [-0.1, -0.05) is 49.6 Å². The third-order valence-electron chi connectivity index (χ3n) is 5.60. The van der Waals surface area contributed by atoms with Crippen molar-refractivity contribution in [3.63, 3.8) is 0 Å². The van der Waals surface area contributed by atoms with Gasteiger partial charge < -0.3 is 16.0 Å². The summed E-state index contributed by atoms with van der Waals surface area (Å²) in [6.07, 6.45) is 4.16. The summed E-state index contributed by atoms with van der Waals surface area (Å²) in [7, 11) is 0. The number of carbonyl (C=O) groups excluding carboxylic acids is 4. The van der Waals surface area contributed by atoms with Crippen molar-refractivity contribution < 1.29 is 19.2 Å². The number of imide groups is 1. The highest BCUT2D eigenvalue weighted by molar-refractivity contribution is 6.07. The Balaban J connectivity index is 1.43. The van der Waals surface area contributed by atoms with E-state index in [-0.39, 0.29) is 30.7 Å². The molecular formula is C21H28N4O4.